The molecule has 0 amide bonds. The zero-order chi connectivity index (χ0) is 16.3. The lowest BCUT2D eigenvalue weighted by atomic mass is 10.1. The summed E-state index contributed by atoms with van der Waals surface area (Å²) in [4.78, 5) is 21.9. The maximum Gasteiger partial charge on any atom is 0.338 e. The highest BCUT2D eigenvalue weighted by molar-refractivity contribution is 6.31. The number of ether oxygens (including phenoxy) is 1. The van der Waals surface area contributed by atoms with E-state index < -0.39 is 22.4 Å². The third kappa shape index (κ3) is 3.32. The van der Waals surface area contributed by atoms with Gasteiger partial charge in [-0.25, -0.2) is 9.18 Å². The molecule has 0 saturated carbocycles. The molecule has 2 N–H and O–H groups in total. The van der Waals surface area contributed by atoms with Crippen molar-refractivity contribution in [2.45, 2.75) is 6.61 Å². The van der Waals surface area contributed by atoms with Crippen molar-refractivity contribution in [1.82, 2.24) is 0 Å². The summed E-state index contributed by atoms with van der Waals surface area (Å²) in [5.74, 6) is -1.45. The summed E-state index contributed by atoms with van der Waals surface area (Å²) in [6.07, 6.45) is 0. The molecule has 0 atom stereocenters. The van der Waals surface area contributed by atoms with Crippen molar-refractivity contribution in [2.24, 2.45) is 0 Å². The minimum Gasteiger partial charge on any atom is -0.457 e. The van der Waals surface area contributed by atoms with E-state index in [2.05, 4.69) is 0 Å². The van der Waals surface area contributed by atoms with E-state index in [1.807, 2.05) is 0 Å². The Morgan fingerprint density at radius 2 is 2.09 bits per heavy atom. The maximum atomic E-state index is 13.5. The minimum absolute atomic E-state index is 0.0301. The van der Waals surface area contributed by atoms with Crippen molar-refractivity contribution in [3.63, 3.8) is 0 Å². The molecule has 0 spiro atoms. The highest BCUT2D eigenvalue weighted by atomic mass is 35.5. The molecule has 0 aliphatic heterocycles. The lowest BCUT2D eigenvalue weighted by Gasteiger charge is -2.08. The summed E-state index contributed by atoms with van der Waals surface area (Å²) < 4.78 is 18.5. The Labute approximate surface area is 129 Å². The van der Waals surface area contributed by atoms with Crippen LogP contribution in [-0.2, 0) is 11.3 Å². The number of nitrogen functional groups attached to an aromatic ring is 1. The van der Waals surface area contributed by atoms with Crippen LogP contribution in [0.2, 0.25) is 5.02 Å². The fourth-order valence-corrected chi connectivity index (χ4v) is 1.94. The molecule has 0 heterocycles. The molecule has 0 radical (unpaired) electrons. The third-order valence-electron chi connectivity index (χ3n) is 2.87. The van der Waals surface area contributed by atoms with Crippen molar-refractivity contribution in [2.75, 3.05) is 5.73 Å². The second-order valence-electron chi connectivity index (χ2n) is 4.31. The molecule has 8 heteroatoms. The summed E-state index contributed by atoms with van der Waals surface area (Å²) in [7, 11) is 0. The Hall–Kier alpha value is -2.67. The summed E-state index contributed by atoms with van der Waals surface area (Å²) in [6.45, 7) is -0.386. The molecule has 0 bridgehead atoms. The number of halogens is 2. The predicted octanol–water partition coefficient (Wildman–Crippen LogP) is 3.33. The normalized spacial score (nSPS) is 10.3. The Kier molecular flexibility index (Phi) is 4.57. The van der Waals surface area contributed by atoms with E-state index in [4.69, 9.17) is 22.1 Å². The van der Waals surface area contributed by atoms with Gasteiger partial charge in [0, 0.05) is 11.6 Å². The number of carbonyl (C=O) groups is 1. The maximum absolute atomic E-state index is 13.5. The lowest BCUT2D eigenvalue weighted by Crippen LogP contribution is -2.08. The largest absolute Gasteiger partial charge is 0.457 e. The summed E-state index contributed by atoms with van der Waals surface area (Å²) in [5.41, 5.74) is 4.93. The lowest BCUT2D eigenvalue weighted by molar-refractivity contribution is -0.383. The summed E-state index contributed by atoms with van der Waals surface area (Å²) in [5, 5.41) is 10.9. The van der Waals surface area contributed by atoms with Gasteiger partial charge in [0.2, 0.25) is 0 Å². The van der Waals surface area contributed by atoms with Crippen LogP contribution in [0.15, 0.2) is 36.4 Å². The van der Waals surface area contributed by atoms with E-state index in [1.54, 1.807) is 0 Å². The first-order chi connectivity index (χ1) is 10.4. The average molecular weight is 325 g/mol. The molecular weight excluding hydrogens is 315 g/mol. The number of nitrogens with zero attached hydrogens (tertiary/aromatic N) is 1. The van der Waals surface area contributed by atoms with Gasteiger partial charge < -0.3 is 10.5 Å². The zero-order valence-electron chi connectivity index (χ0n) is 11.1. The van der Waals surface area contributed by atoms with Crippen molar-refractivity contribution < 1.29 is 18.8 Å². The number of esters is 1. The number of nitro groups is 1. The van der Waals surface area contributed by atoms with Crippen molar-refractivity contribution in [3.05, 3.63) is 68.5 Å². The van der Waals surface area contributed by atoms with Crippen LogP contribution in [0, 0.1) is 15.9 Å². The SMILES string of the molecule is Nc1ccc(C(=O)OCc2c(F)cccc2Cl)cc1[N+](=O)[O-]. The summed E-state index contributed by atoms with van der Waals surface area (Å²) >= 11 is 5.81. The molecule has 0 aliphatic carbocycles. The molecule has 2 aromatic carbocycles. The molecule has 114 valence electrons. The van der Waals surface area contributed by atoms with Gasteiger partial charge in [0.15, 0.2) is 0 Å². The van der Waals surface area contributed by atoms with Gasteiger partial charge in [-0.1, -0.05) is 17.7 Å². The van der Waals surface area contributed by atoms with Gasteiger partial charge in [-0.2, -0.15) is 0 Å². The first-order valence-corrected chi connectivity index (χ1v) is 6.42. The van der Waals surface area contributed by atoms with Crippen molar-refractivity contribution in [1.29, 1.82) is 0 Å². The molecular formula is C14H10ClFN2O4. The number of hydrogen-bond donors (Lipinski definition) is 1. The van der Waals surface area contributed by atoms with Gasteiger partial charge in [-0.15, -0.1) is 0 Å². The second kappa shape index (κ2) is 6.40. The molecule has 2 aromatic rings. The van der Waals surface area contributed by atoms with Crippen molar-refractivity contribution in [3.8, 4) is 0 Å². The van der Waals surface area contributed by atoms with Crippen LogP contribution < -0.4 is 5.73 Å². The highest BCUT2D eigenvalue weighted by Gasteiger charge is 2.17. The van der Waals surface area contributed by atoms with Gasteiger partial charge in [0.1, 0.15) is 18.1 Å². The van der Waals surface area contributed by atoms with E-state index in [0.29, 0.717) is 0 Å². The Morgan fingerprint density at radius 1 is 1.36 bits per heavy atom. The molecule has 2 rings (SSSR count). The predicted molar refractivity (Wildman–Crippen MR) is 78.0 cm³/mol. The molecule has 0 fully saturated rings. The number of nitro benzene ring substituents is 1. The first kappa shape index (κ1) is 15.7. The van der Waals surface area contributed by atoms with E-state index in [-0.39, 0.29) is 28.4 Å². The monoisotopic (exact) mass is 324 g/mol. The topological polar surface area (TPSA) is 95.5 Å². The standard InChI is InChI=1S/C14H10ClFN2O4/c15-10-2-1-3-11(16)9(10)7-22-14(19)8-4-5-12(17)13(6-8)18(20)21/h1-6H,7,17H2. The second-order valence-corrected chi connectivity index (χ2v) is 4.71. The molecule has 0 aromatic heterocycles. The Bertz CT molecular complexity index is 731. The van der Waals surface area contributed by atoms with Crippen LogP contribution in [0.25, 0.3) is 0 Å². The quantitative estimate of drug-likeness (QED) is 0.403. The third-order valence-corrected chi connectivity index (χ3v) is 3.23. The number of anilines is 1. The fourth-order valence-electron chi connectivity index (χ4n) is 1.72. The van der Waals surface area contributed by atoms with Crippen LogP contribution in [-0.4, -0.2) is 10.9 Å². The zero-order valence-corrected chi connectivity index (χ0v) is 11.8. The number of hydrogen-bond acceptors (Lipinski definition) is 5. The summed E-state index contributed by atoms with van der Waals surface area (Å²) in [6, 6.07) is 7.58. The van der Waals surface area contributed by atoms with Crippen LogP contribution in [0.4, 0.5) is 15.8 Å². The van der Waals surface area contributed by atoms with E-state index in [0.717, 1.165) is 6.07 Å². The number of benzene rings is 2. The first-order valence-electron chi connectivity index (χ1n) is 6.04. The minimum atomic E-state index is -0.845. The molecule has 0 unspecified atom stereocenters. The average Bonchev–Trinajstić information content (AvgIpc) is 2.46. The van der Waals surface area contributed by atoms with Gasteiger partial charge in [-0.3, -0.25) is 10.1 Å². The highest BCUT2D eigenvalue weighted by Crippen LogP contribution is 2.24. The van der Waals surface area contributed by atoms with Crippen LogP contribution in [0.1, 0.15) is 15.9 Å². The number of carbonyl (C=O) groups excluding carboxylic acids is 1. The fraction of sp³-hybridized carbons (Fsp3) is 0.0714. The van der Waals surface area contributed by atoms with Gasteiger partial charge in [0.25, 0.3) is 5.69 Å². The Morgan fingerprint density at radius 3 is 2.73 bits per heavy atom. The van der Waals surface area contributed by atoms with E-state index in [9.17, 15) is 19.3 Å². The Balaban J connectivity index is 2.16. The van der Waals surface area contributed by atoms with Gasteiger partial charge in [-0.05, 0) is 24.3 Å². The van der Waals surface area contributed by atoms with Crippen LogP contribution >= 0.6 is 11.6 Å². The number of rotatable bonds is 4. The van der Waals surface area contributed by atoms with E-state index >= 15 is 0 Å². The molecule has 0 aliphatic rings. The van der Waals surface area contributed by atoms with Crippen LogP contribution in [0.3, 0.4) is 0 Å². The van der Waals surface area contributed by atoms with E-state index in [1.165, 1.54) is 30.3 Å². The molecule has 0 saturated heterocycles. The smallest absolute Gasteiger partial charge is 0.338 e. The van der Waals surface area contributed by atoms with Gasteiger partial charge in [0.05, 0.1) is 15.5 Å². The van der Waals surface area contributed by atoms with Crippen molar-refractivity contribution >= 4 is 28.9 Å². The molecule has 6 nitrogen and oxygen atoms in total. The number of nitrogens with two attached hydrogens (primary N) is 1. The van der Waals surface area contributed by atoms with Crippen LogP contribution in [0.5, 0.6) is 0 Å². The van der Waals surface area contributed by atoms with Gasteiger partial charge >= 0.3 is 5.97 Å². The molecule has 22 heavy (non-hydrogen) atoms.